The number of nitrogens with zero attached hydrogens (tertiary/aromatic N) is 4. The SMILES string of the molecule is Cc1ccc(-c2nc(C(=O)N3CCN(C(=O)C(=O)N4CCCC4)CC3)cs2)c(C)c1. The zero-order valence-electron chi connectivity index (χ0n) is 17.4. The van der Waals surface area contributed by atoms with Gasteiger partial charge in [0.05, 0.1) is 0 Å². The van der Waals surface area contributed by atoms with Crippen LogP contribution < -0.4 is 0 Å². The van der Waals surface area contributed by atoms with Crippen LogP contribution in [-0.4, -0.2) is 76.7 Å². The lowest BCUT2D eigenvalue weighted by Gasteiger charge is -2.34. The first-order valence-corrected chi connectivity index (χ1v) is 11.2. The summed E-state index contributed by atoms with van der Waals surface area (Å²) in [5.41, 5.74) is 3.81. The summed E-state index contributed by atoms with van der Waals surface area (Å²) in [6.45, 7) is 6.99. The number of amides is 3. The molecule has 3 amide bonds. The summed E-state index contributed by atoms with van der Waals surface area (Å²) in [6.07, 6.45) is 1.91. The molecule has 2 aliphatic heterocycles. The van der Waals surface area contributed by atoms with Crippen LogP contribution >= 0.6 is 11.3 Å². The minimum atomic E-state index is -0.449. The predicted octanol–water partition coefficient (Wildman–Crippen LogP) is 2.33. The Morgan fingerprint density at radius 3 is 2.10 bits per heavy atom. The minimum Gasteiger partial charge on any atom is -0.334 e. The Morgan fingerprint density at radius 2 is 1.47 bits per heavy atom. The van der Waals surface area contributed by atoms with Crippen LogP contribution in [0.15, 0.2) is 23.6 Å². The molecule has 0 atom stereocenters. The van der Waals surface area contributed by atoms with Gasteiger partial charge in [-0.25, -0.2) is 4.98 Å². The summed E-state index contributed by atoms with van der Waals surface area (Å²) in [5, 5.41) is 2.63. The van der Waals surface area contributed by atoms with Gasteiger partial charge in [-0.2, -0.15) is 0 Å². The maximum absolute atomic E-state index is 12.9. The number of aryl methyl sites for hydroxylation is 2. The molecule has 0 radical (unpaired) electrons. The van der Waals surface area contributed by atoms with E-state index in [0.717, 1.165) is 29.0 Å². The summed E-state index contributed by atoms with van der Waals surface area (Å²) in [7, 11) is 0. The fourth-order valence-corrected chi connectivity index (χ4v) is 4.90. The third-order valence-corrected chi connectivity index (χ3v) is 6.64. The Bertz CT molecular complexity index is 973. The number of carbonyl (C=O) groups is 3. The van der Waals surface area contributed by atoms with Gasteiger partial charge in [0.25, 0.3) is 5.91 Å². The highest BCUT2D eigenvalue weighted by atomic mass is 32.1. The molecular weight excluding hydrogens is 400 g/mol. The number of thiazole rings is 1. The fraction of sp³-hybridized carbons (Fsp3) is 0.455. The first kappa shape index (κ1) is 20.5. The Hall–Kier alpha value is -2.74. The number of likely N-dealkylation sites (tertiary alicyclic amines) is 1. The molecule has 0 saturated carbocycles. The van der Waals surface area contributed by atoms with Crippen molar-refractivity contribution in [3.05, 3.63) is 40.4 Å². The van der Waals surface area contributed by atoms with Gasteiger partial charge < -0.3 is 14.7 Å². The number of carbonyl (C=O) groups excluding carboxylic acids is 3. The molecule has 3 heterocycles. The molecule has 2 fully saturated rings. The van der Waals surface area contributed by atoms with Gasteiger partial charge in [0.1, 0.15) is 10.7 Å². The average molecular weight is 427 g/mol. The zero-order chi connectivity index (χ0) is 21.3. The molecule has 2 saturated heterocycles. The van der Waals surface area contributed by atoms with Crippen LogP contribution in [0, 0.1) is 13.8 Å². The number of piperazine rings is 1. The molecule has 7 nitrogen and oxygen atoms in total. The molecule has 8 heteroatoms. The Labute approximate surface area is 180 Å². The maximum Gasteiger partial charge on any atom is 0.312 e. The molecule has 4 rings (SSSR count). The van der Waals surface area contributed by atoms with Gasteiger partial charge in [-0.05, 0) is 32.3 Å². The summed E-state index contributed by atoms with van der Waals surface area (Å²) in [4.78, 5) is 47.1. The molecule has 1 aromatic carbocycles. The van der Waals surface area contributed by atoms with Gasteiger partial charge in [-0.3, -0.25) is 14.4 Å². The van der Waals surface area contributed by atoms with E-state index in [9.17, 15) is 14.4 Å². The first-order valence-electron chi connectivity index (χ1n) is 10.3. The number of rotatable bonds is 2. The van der Waals surface area contributed by atoms with Crippen molar-refractivity contribution < 1.29 is 14.4 Å². The second kappa shape index (κ2) is 8.55. The van der Waals surface area contributed by atoms with Gasteiger partial charge >= 0.3 is 11.8 Å². The molecule has 1 aromatic heterocycles. The van der Waals surface area contributed by atoms with Gasteiger partial charge in [0.15, 0.2) is 0 Å². The van der Waals surface area contributed by atoms with E-state index in [4.69, 9.17) is 0 Å². The molecule has 0 bridgehead atoms. The van der Waals surface area contributed by atoms with Gasteiger partial charge in [-0.15, -0.1) is 11.3 Å². The summed E-state index contributed by atoms with van der Waals surface area (Å²) < 4.78 is 0. The zero-order valence-corrected chi connectivity index (χ0v) is 18.2. The number of hydrogen-bond acceptors (Lipinski definition) is 5. The minimum absolute atomic E-state index is 0.125. The average Bonchev–Trinajstić information content (AvgIpc) is 3.45. The molecule has 0 unspecified atom stereocenters. The van der Waals surface area contributed by atoms with E-state index in [2.05, 4.69) is 18.0 Å². The number of benzene rings is 1. The van der Waals surface area contributed by atoms with E-state index in [1.165, 1.54) is 16.9 Å². The summed E-state index contributed by atoms with van der Waals surface area (Å²) in [6, 6.07) is 6.20. The van der Waals surface area contributed by atoms with Crippen LogP contribution in [0.1, 0.15) is 34.5 Å². The van der Waals surface area contributed by atoms with Crippen LogP contribution in [0.4, 0.5) is 0 Å². The number of hydrogen-bond donors (Lipinski definition) is 0. The Balaban J connectivity index is 1.37. The lowest BCUT2D eigenvalue weighted by molar-refractivity contribution is -0.152. The maximum atomic E-state index is 12.9. The smallest absolute Gasteiger partial charge is 0.312 e. The van der Waals surface area contributed by atoms with Crippen molar-refractivity contribution in [1.82, 2.24) is 19.7 Å². The summed E-state index contributed by atoms with van der Waals surface area (Å²) >= 11 is 1.47. The molecule has 0 spiro atoms. The standard InChI is InChI=1S/C22H26N4O3S/c1-15-5-6-17(16(2)13-15)19-23-18(14-30-19)20(27)25-9-11-26(12-10-25)22(29)21(28)24-7-3-4-8-24/h5-6,13-14H,3-4,7-12H2,1-2H3. The highest BCUT2D eigenvalue weighted by Crippen LogP contribution is 2.28. The van der Waals surface area contributed by atoms with E-state index in [1.807, 2.05) is 19.1 Å². The van der Waals surface area contributed by atoms with Gasteiger partial charge in [0.2, 0.25) is 0 Å². The van der Waals surface area contributed by atoms with Gasteiger partial charge in [0, 0.05) is 50.2 Å². The molecule has 0 aliphatic carbocycles. The highest BCUT2D eigenvalue weighted by molar-refractivity contribution is 7.13. The third-order valence-electron chi connectivity index (χ3n) is 5.77. The second-order valence-electron chi connectivity index (χ2n) is 7.94. The van der Waals surface area contributed by atoms with Crippen molar-refractivity contribution >= 4 is 29.1 Å². The lowest BCUT2D eigenvalue weighted by atomic mass is 10.1. The van der Waals surface area contributed by atoms with Crippen molar-refractivity contribution in [2.75, 3.05) is 39.3 Å². The fourth-order valence-electron chi connectivity index (χ4n) is 4.01. The van der Waals surface area contributed by atoms with Crippen LogP contribution in [0.3, 0.4) is 0 Å². The molecule has 30 heavy (non-hydrogen) atoms. The molecule has 2 aromatic rings. The van der Waals surface area contributed by atoms with Crippen molar-refractivity contribution in [3.8, 4) is 10.6 Å². The summed E-state index contributed by atoms with van der Waals surface area (Å²) in [5.74, 6) is -0.986. The lowest BCUT2D eigenvalue weighted by Crippen LogP contribution is -2.54. The monoisotopic (exact) mass is 426 g/mol. The molecule has 2 aliphatic rings. The van der Waals surface area contributed by atoms with Crippen LogP contribution in [-0.2, 0) is 9.59 Å². The normalized spacial score (nSPS) is 16.8. The predicted molar refractivity (Wildman–Crippen MR) is 115 cm³/mol. The number of aromatic nitrogens is 1. The molecule has 158 valence electrons. The van der Waals surface area contributed by atoms with E-state index < -0.39 is 11.8 Å². The van der Waals surface area contributed by atoms with Crippen LogP contribution in [0.5, 0.6) is 0 Å². The van der Waals surface area contributed by atoms with E-state index in [1.54, 1.807) is 20.1 Å². The second-order valence-corrected chi connectivity index (χ2v) is 8.80. The van der Waals surface area contributed by atoms with Crippen molar-refractivity contribution in [3.63, 3.8) is 0 Å². The molecule has 0 N–H and O–H groups in total. The van der Waals surface area contributed by atoms with E-state index >= 15 is 0 Å². The first-order chi connectivity index (χ1) is 14.4. The quantitative estimate of drug-likeness (QED) is 0.691. The van der Waals surface area contributed by atoms with Crippen LogP contribution in [0.2, 0.25) is 0 Å². The van der Waals surface area contributed by atoms with Crippen molar-refractivity contribution in [1.29, 1.82) is 0 Å². The van der Waals surface area contributed by atoms with E-state index in [-0.39, 0.29) is 5.91 Å². The Kier molecular flexibility index (Phi) is 5.85. The topological polar surface area (TPSA) is 73.8 Å². The van der Waals surface area contributed by atoms with E-state index in [0.29, 0.717) is 45.0 Å². The highest BCUT2D eigenvalue weighted by Gasteiger charge is 2.32. The van der Waals surface area contributed by atoms with Gasteiger partial charge in [-0.1, -0.05) is 23.8 Å². The largest absolute Gasteiger partial charge is 0.334 e. The van der Waals surface area contributed by atoms with Crippen molar-refractivity contribution in [2.45, 2.75) is 26.7 Å². The molecular formula is C22H26N4O3S. The third kappa shape index (κ3) is 4.09. The Morgan fingerprint density at radius 1 is 0.867 bits per heavy atom. The van der Waals surface area contributed by atoms with Crippen LogP contribution in [0.25, 0.3) is 10.6 Å². The van der Waals surface area contributed by atoms with Crippen molar-refractivity contribution in [2.24, 2.45) is 0 Å².